The topological polar surface area (TPSA) is 86.7 Å². The average Bonchev–Trinajstić information content (AvgIpc) is 2.27. The summed E-state index contributed by atoms with van der Waals surface area (Å²) in [6.07, 6.45) is 0.829. The Morgan fingerprint density at radius 1 is 1.27 bits per heavy atom. The van der Waals surface area contributed by atoms with Gasteiger partial charge in [-0.15, -0.1) is 0 Å². The van der Waals surface area contributed by atoms with Crippen LogP contribution in [0.3, 0.4) is 0 Å². The maximum Gasteiger partial charge on any atom is 0.311 e. The lowest BCUT2D eigenvalue weighted by molar-refractivity contribution is -0.149. The molecule has 0 aromatic heterocycles. The van der Waals surface area contributed by atoms with Crippen molar-refractivity contribution in [3.63, 3.8) is 0 Å². The van der Waals surface area contributed by atoms with E-state index in [1.165, 1.54) is 11.9 Å². The first-order valence-electron chi connectivity index (χ1n) is 4.80. The van der Waals surface area contributed by atoms with Crippen LogP contribution in [0.5, 0.6) is 0 Å². The molecular weight excluding hydrogens is 200 g/mol. The Morgan fingerprint density at radius 3 is 2.20 bits per heavy atom. The predicted octanol–water partition coefficient (Wildman–Crippen LogP) is -0.944. The fourth-order valence-corrected chi connectivity index (χ4v) is 1.58. The molecule has 0 aromatic rings. The van der Waals surface area contributed by atoms with Crippen LogP contribution in [-0.2, 0) is 14.4 Å². The molecule has 0 atom stereocenters. The quantitative estimate of drug-likeness (QED) is 0.551. The van der Waals surface area contributed by atoms with Gasteiger partial charge in [0.05, 0.1) is 5.92 Å². The first-order chi connectivity index (χ1) is 7.06. The molecule has 1 heterocycles. The van der Waals surface area contributed by atoms with Crippen LogP contribution in [0.25, 0.3) is 0 Å². The minimum absolute atomic E-state index is 0.337. The Morgan fingerprint density at radius 2 is 1.80 bits per heavy atom. The molecule has 0 saturated carbocycles. The molecule has 2 amide bonds. The molecule has 1 aliphatic heterocycles. The third-order valence-corrected chi connectivity index (χ3v) is 2.55. The molecule has 6 heteroatoms. The van der Waals surface area contributed by atoms with E-state index in [9.17, 15) is 14.4 Å². The molecule has 1 aliphatic rings. The van der Waals surface area contributed by atoms with Crippen LogP contribution in [0.15, 0.2) is 0 Å². The maximum atomic E-state index is 11.4. The van der Waals surface area contributed by atoms with E-state index in [-0.39, 0.29) is 0 Å². The highest BCUT2D eigenvalue weighted by molar-refractivity contribution is 6.34. The second-order valence-corrected chi connectivity index (χ2v) is 3.48. The minimum Gasteiger partial charge on any atom is -0.481 e. The molecule has 0 unspecified atom stereocenters. The Balaban J connectivity index is 2.47. The monoisotopic (exact) mass is 214 g/mol. The third kappa shape index (κ3) is 2.68. The highest BCUT2D eigenvalue weighted by Gasteiger charge is 2.29. The van der Waals surface area contributed by atoms with E-state index in [4.69, 9.17) is 5.11 Å². The summed E-state index contributed by atoms with van der Waals surface area (Å²) in [6, 6.07) is 0. The molecule has 1 rings (SSSR count). The number of piperidine rings is 1. The number of hydrogen-bond donors (Lipinski definition) is 2. The molecule has 1 saturated heterocycles. The van der Waals surface area contributed by atoms with Crippen molar-refractivity contribution in [2.24, 2.45) is 5.92 Å². The molecule has 15 heavy (non-hydrogen) atoms. The van der Waals surface area contributed by atoms with Gasteiger partial charge >= 0.3 is 17.8 Å². The Kier molecular flexibility index (Phi) is 3.65. The van der Waals surface area contributed by atoms with E-state index < -0.39 is 23.7 Å². The smallest absolute Gasteiger partial charge is 0.311 e. The summed E-state index contributed by atoms with van der Waals surface area (Å²) in [6.45, 7) is 0.673. The number of likely N-dealkylation sites (N-methyl/N-ethyl adjacent to an activating group) is 1. The van der Waals surface area contributed by atoms with Gasteiger partial charge in [0.15, 0.2) is 0 Å². The van der Waals surface area contributed by atoms with Crippen LogP contribution in [0, 0.1) is 5.92 Å². The van der Waals surface area contributed by atoms with Gasteiger partial charge in [0.2, 0.25) is 0 Å². The zero-order valence-corrected chi connectivity index (χ0v) is 8.52. The molecule has 0 aromatic carbocycles. The number of hydrogen-bond acceptors (Lipinski definition) is 3. The molecule has 0 bridgehead atoms. The molecule has 2 N–H and O–H groups in total. The fraction of sp³-hybridized carbons (Fsp3) is 0.667. The molecule has 6 nitrogen and oxygen atoms in total. The van der Waals surface area contributed by atoms with Gasteiger partial charge in [-0.25, -0.2) is 0 Å². The Labute approximate surface area is 87.2 Å². The predicted molar refractivity (Wildman–Crippen MR) is 51.0 cm³/mol. The van der Waals surface area contributed by atoms with Crippen molar-refractivity contribution in [2.75, 3.05) is 20.1 Å². The standard InChI is InChI=1S/C9H14N2O4/c1-10-7(12)8(13)11-4-2-6(3-5-11)9(14)15/h6H,2-5H2,1H3,(H,10,12)(H,14,15). The number of carboxylic acids is 1. The first-order valence-corrected chi connectivity index (χ1v) is 4.80. The number of nitrogens with one attached hydrogen (secondary N) is 1. The number of amides is 2. The summed E-state index contributed by atoms with van der Waals surface area (Å²) < 4.78 is 0. The van der Waals surface area contributed by atoms with Gasteiger partial charge in [-0.2, -0.15) is 0 Å². The second kappa shape index (κ2) is 4.77. The number of carbonyl (C=O) groups excluding carboxylic acids is 2. The highest BCUT2D eigenvalue weighted by Crippen LogP contribution is 2.17. The summed E-state index contributed by atoms with van der Waals surface area (Å²) in [5.74, 6) is -2.45. The largest absolute Gasteiger partial charge is 0.481 e. The van der Waals surface area contributed by atoms with Crippen molar-refractivity contribution in [1.29, 1.82) is 0 Å². The average molecular weight is 214 g/mol. The molecule has 0 spiro atoms. The van der Waals surface area contributed by atoms with E-state index in [0.717, 1.165) is 0 Å². The molecular formula is C9H14N2O4. The van der Waals surface area contributed by atoms with Crippen molar-refractivity contribution in [3.8, 4) is 0 Å². The van der Waals surface area contributed by atoms with Gasteiger partial charge in [0.25, 0.3) is 0 Å². The van der Waals surface area contributed by atoms with Crippen molar-refractivity contribution < 1.29 is 19.5 Å². The SMILES string of the molecule is CNC(=O)C(=O)N1CCC(C(=O)O)CC1. The van der Waals surface area contributed by atoms with Crippen molar-refractivity contribution >= 4 is 17.8 Å². The number of likely N-dealkylation sites (tertiary alicyclic amines) is 1. The van der Waals surface area contributed by atoms with Crippen LogP contribution in [0.1, 0.15) is 12.8 Å². The lowest BCUT2D eigenvalue weighted by Gasteiger charge is -2.29. The van der Waals surface area contributed by atoms with Crippen LogP contribution in [-0.4, -0.2) is 47.9 Å². The molecule has 84 valence electrons. The minimum atomic E-state index is -0.831. The Hall–Kier alpha value is -1.59. The number of carboxylic acid groups (broad SMARTS) is 1. The summed E-state index contributed by atoms with van der Waals surface area (Å²) >= 11 is 0. The zero-order chi connectivity index (χ0) is 11.4. The van der Waals surface area contributed by atoms with E-state index in [1.54, 1.807) is 0 Å². The molecule has 0 radical (unpaired) electrons. The summed E-state index contributed by atoms with van der Waals surface area (Å²) in [4.78, 5) is 34.4. The highest BCUT2D eigenvalue weighted by atomic mass is 16.4. The van der Waals surface area contributed by atoms with E-state index in [0.29, 0.717) is 25.9 Å². The van der Waals surface area contributed by atoms with Crippen molar-refractivity contribution in [2.45, 2.75) is 12.8 Å². The van der Waals surface area contributed by atoms with Crippen LogP contribution >= 0.6 is 0 Å². The first kappa shape index (κ1) is 11.5. The number of aliphatic carboxylic acids is 1. The summed E-state index contributed by atoms with van der Waals surface area (Å²) in [5.41, 5.74) is 0. The van der Waals surface area contributed by atoms with Gasteiger partial charge in [0, 0.05) is 20.1 Å². The fourth-order valence-electron chi connectivity index (χ4n) is 1.58. The van der Waals surface area contributed by atoms with Gasteiger partial charge in [-0.3, -0.25) is 14.4 Å². The van der Waals surface area contributed by atoms with Crippen LogP contribution < -0.4 is 5.32 Å². The van der Waals surface area contributed by atoms with Gasteiger partial charge < -0.3 is 15.3 Å². The maximum absolute atomic E-state index is 11.4. The Bertz CT molecular complexity index is 282. The summed E-state index contributed by atoms with van der Waals surface area (Å²) in [7, 11) is 1.39. The lowest BCUT2D eigenvalue weighted by Crippen LogP contribution is -2.46. The lowest BCUT2D eigenvalue weighted by atomic mass is 9.97. The number of nitrogens with zero attached hydrogens (tertiary/aromatic N) is 1. The van der Waals surface area contributed by atoms with Crippen molar-refractivity contribution in [1.82, 2.24) is 10.2 Å². The zero-order valence-electron chi connectivity index (χ0n) is 8.52. The second-order valence-electron chi connectivity index (χ2n) is 3.48. The van der Waals surface area contributed by atoms with Crippen molar-refractivity contribution in [3.05, 3.63) is 0 Å². The molecule has 1 fully saturated rings. The third-order valence-electron chi connectivity index (χ3n) is 2.55. The van der Waals surface area contributed by atoms with E-state index in [2.05, 4.69) is 5.32 Å². The van der Waals surface area contributed by atoms with Gasteiger partial charge in [-0.1, -0.05) is 0 Å². The number of carbonyl (C=O) groups is 3. The van der Waals surface area contributed by atoms with Gasteiger partial charge in [-0.05, 0) is 12.8 Å². The van der Waals surface area contributed by atoms with Crippen LogP contribution in [0.2, 0.25) is 0 Å². The normalized spacial score (nSPS) is 17.3. The number of rotatable bonds is 1. The van der Waals surface area contributed by atoms with Crippen LogP contribution in [0.4, 0.5) is 0 Å². The van der Waals surface area contributed by atoms with E-state index in [1.807, 2.05) is 0 Å². The van der Waals surface area contributed by atoms with Gasteiger partial charge in [0.1, 0.15) is 0 Å². The van der Waals surface area contributed by atoms with E-state index >= 15 is 0 Å². The summed E-state index contributed by atoms with van der Waals surface area (Å²) in [5, 5.41) is 11.0. The molecule has 0 aliphatic carbocycles.